The molecule has 0 spiro atoms. The number of amides is 1. The summed E-state index contributed by atoms with van der Waals surface area (Å²) in [6.07, 6.45) is 1.20. The van der Waals surface area contributed by atoms with E-state index in [0.29, 0.717) is 6.54 Å². The summed E-state index contributed by atoms with van der Waals surface area (Å²) in [6.45, 7) is 0.394. The van der Waals surface area contributed by atoms with E-state index in [2.05, 4.69) is 9.97 Å². The molecule has 2 rings (SSSR count). The van der Waals surface area contributed by atoms with Gasteiger partial charge in [-0.2, -0.15) is 0 Å². The third kappa shape index (κ3) is 2.79. The fourth-order valence-electron chi connectivity index (χ4n) is 1.73. The zero-order valence-electron chi connectivity index (χ0n) is 10.3. The smallest absolute Gasteiger partial charge is 0.354 e. The molecule has 1 aromatic carbocycles. The van der Waals surface area contributed by atoms with E-state index in [1.54, 1.807) is 7.05 Å². The summed E-state index contributed by atoms with van der Waals surface area (Å²) in [5.41, 5.74) is 0.696. The number of benzene rings is 1. The molecule has 0 atom stereocenters. The minimum atomic E-state index is -1.20. The zero-order chi connectivity index (χ0) is 13.8. The number of aromatic carboxylic acids is 1. The number of nitrogens with zero attached hydrogens (tertiary/aromatic N) is 2. The van der Waals surface area contributed by atoms with Gasteiger partial charge in [0.1, 0.15) is 0 Å². The molecule has 2 aromatic rings. The molecule has 1 heterocycles. The van der Waals surface area contributed by atoms with E-state index < -0.39 is 11.9 Å². The highest BCUT2D eigenvalue weighted by Crippen LogP contribution is 2.09. The lowest BCUT2D eigenvalue weighted by molar-refractivity contribution is 0.0674. The summed E-state index contributed by atoms with van der Waals surface area (Å²) in [7, 11) is 1.61. The van der Waals surface area contributed by atoms with Crippen LogP contribution in [0.4, 0.5) is 0 Å². The second-order valence-corrected chi connectivity index (χ2v) is 4.08. The van der Waals surface area contributed by atoms with Crippen molar-refractivity contribution in [2.24, 2.45) is 0 Å². The van der Waals surface area contributed by atoms with Crippen LogP contribution in [0.25, 0.3) is 0 Å². The van der Waals surface area contributed by atoms with Crippen LogP contribution in [0.5, 0.6) is 0 Å². The van der Waals surface area contributed by atoms with Crippen molar-refractivity contribution in [3.63, 3.8) is 0 Å². The van der Waals surface area contributed by atoms with Crippen LogP contribution < -0.4 is 0 Å². The third-order valence-corrected chi connectivity index (χ3v) is 2.67. The van der Waals surface area contributed by atoms with Crippen LogP contribution in [0.3, 0.4) is 0 Å². The quantitative estimate of drug-likeness (QED) is 0.868. The number of imidazole rings is 1. The first-order valence-electron chi connectivity index (χ1n) is 5.65. The molecule has 6 heteroatoms. The molecule has 6 nitrogen and oxygen atoms in total. The third-order valence-electron chi connectivity index (χ3n) is 2.67. The molecule has 0 radical (unpaired) electrons. The Bertz CT molecular complexity index is 592. The molecule has 0 saturated heterocycles. The van der Waals surface area contributed by atoms with Crippen molar-refractivity contribution < 1.29 is 14.7 Å². The number of carboxylic acids is 1. The molecule has 0 aliphatic rings. The molecule has 0 bridgehead atoms. The van der Waals surface area contributed by atoms with Gasteiger partial charge >= 0.3 is 5.97 Å². The summed E-state index contributed by atoms with van der Waals surface area (Å²) in [5.74, 6) is -1.63. The van der Waals surface area contributed by atoms with Gasteiger partial charge < -0.3 is 15.0 Å². The first-order valence-corrected chi connectivity index (χ1v) is 5.65. The Kier molecular flexibility index (Phi) is 3.61. The average Bonchev–Trinajstić information content (AvgIpc) is 2.88. The summed E-state index contributed by atoms with van der Waals surface area (Å²) >= 11 is 0. The monoisotopic (exact) mass is 259 g/mol. The maximum absolute atomic E-state index is 12.1. The van der Waals surface area contributed by atoms with E-state index in [9.17, 15) is 9.59 Å². The molecular weight excluding hydrogens is 246 g/mol. The predicted octanol–water partition coefficient (Wildman–Crippen LogP) is 1.38. The number of aromatic amines is 1. The molecule has 0 unspecified atom stereocenters. The highest BCUT2D eigenvalue weighted by Gasteiger charge is 2.22. The molecule has 1 amide bonds. The fraction of sp³-hybridized carbons (Fsp3) is 0.154. The van der Waals surface area contributed by atoms with Gasteiger partial charge in [0.05, 0.1) is 6.33 Å². The minimum Gasteiger partial charge on any atom is -0.477 e. The number of rotatable bonds is 4. The van der Waals surface area contributed by atoms with Gasteiger partial charge in [-0.3, -0.25) is 4.79 Å². The lowest BCUT2D eigenvalue weighted by atomic mass is 10.2. The lowest BCUT2D eigenvalue weighted by Crippen LogP contribution is -2.28. The van der Waals surface area contributed by atoms with E-state index >= 15 is 0 Å². The maximum atomic E-state index is 12.1. The Morgan fingerprint density at radius 3 is 2.63 bits per heavy atom. The number of carboxylic acid groups (broad SMARTS) is 1. The highest BCUT2D eigenvalue weighted by atomic mass is 16.4. The molecule has 0 aliphatic carbocycles. The molecule has 98 valence electrons. The number of carbonyl (C=O) groups is 2. The van der Waals surface area contributed by atoms with Crippen molar-refractivity contribution in [2.45, 2.75) is 6.54 Å². The largest absolute Gasteiger partial charge is 0.477 e. The summed E-state index contributed by atoms with van der Waals surface area (Å²) < 4.78 is 0. The molecule has 0 aliphatic heterocycles. The van der Waals surface area contributed by atoms with Gasteiger partial charge in [0.2, 0.25) is 0 Å². The normalized spacial score (nSPS) is 10.2. The standard InChI is InChI=1S/C13H13N3O3/c1-16(7-9-5-3-2-4-6-9)12(17)10-11(13(18)19)15-8-14-10/h2-6,8H,7H2,1H3,(H,14,15)(H,18,19). The Morgan fingerprint density at radius 1 is 1.32 bits per heavy atom. The Morgan fingerprint density at radius 2 is 2.00 bits per heavy atom. The van der Waals surface area contributed by atoms with E-state index in [-0.39, 0.29) is 11.4 Å². The van der Waals surface area contributed by atoms with Gasteiger partial charge in [-0.1, -0.05) is 30.3 Å². The van der Waals surface area contributed by atoms with Crippen molar-refractivity contribution in [2.75, 3.05) is 7.05 Å². The maximum Gasteiger partial charge on any atom is 0.354 e. The first-order chi connectivity index (χ1) is 9.09. The second kappa shape index (κ2) is 5.34. The zero-order valence-corrected chi connectivity index (χ0v) is 10.3. The van der Waals surface area contributed by atoms with Crippen LogP contribution in [0.2, 0.25) is 0 Å². The van der Waals surface area contributed by atoms with Crippen molar-refractivity contribution in [3.05, 3.63) is 53.6 Å². The van der Waals surface area contributed by atoms with Gasteiger partial charge in [0.15, 0.2) is 11.4 Å². The lowest BCUT2D eigenvalue weighted by Gasteiger charge is -2.16. The van der Waals surface area contributed by atoms with Crippen LogP contribution in [0.1, 0.15) is 26.5 Å². The molecule has 2 N–H and O–H groups in total. The second-order valence-electron chi connectivity index (χ2n) is 4.08. The van der Waals surface area contributed by atoms with Crippen LogP contribution in [0, 0.1) is 0 Å². The molecule has 0 saturated carbocycles. The SMILES string of the molecule is CN(Cc1ccccc1)C(=O)c1nc[nH]c1C(=O)O. The highest BCUT2D eigenvalue weighted by molar-refractivity contribution is 6.02. The fourth-order valence-corrected chi connectivity index (χ4v) is 1.73. The van der Waals surface area contributed by atoms with Crippen LogP contribution >= 0.6 is 0 Å². The topological polar surface area (TPSA) is 86.3 Å². The van der Waals surface area contributed by atoms with Crippen LogP contribution in [0.15, 0.2) is 36.7 Å². The number of carbonyl (C=O) groups excluding carboxylic acids is 1. The number of nitrogens with one attached hydrogen (secondary N) is 1. The summed E-state index contributed by atoms with van der Waals surface area (Å²) in [4.78, 5) is 30.7. The van der Waals surface area contributed by atoms with E-state index in [4.69, 9.17) is 5.11 Å². The van der Waals surface area contributed by atoms with Gasteiger partial charge in [0, 0.05) is 13.6 Å². The minimum absolute atomic E-state index is 0.0778. The van der Waals surface area contributed by atoms with Crippen molar-refractivity contribution in [1.29, 1.82) is 0 Å². The summed E-state index contributed by atoms with van der Waals surface area (Å²) in [5, 5.41) is 8.93. The molecular formula is C13H13N3O3. The van der Waals surface area contributed by atoms with Crippen molar-refractivity contribution in [3.8, 4) is 0 Å². The Hall–Kier alpha value is -2.63. The van der Waals surface area contributed by atoms with Gasteiger partial charge in [-0.05, 0) is 5.56 Å². The van der Waals surface area contributed by atoms with Gasteiger partial charge in [0.25, 0.3) is 5.91 Å². The van der Waals surface area contributed by atoms with Gasteiger partial charge in [-0.15, -0.1) is 0 Å². The molecule has 1 aromatic heterocycles. The number of hydrogen-bond acceptors (Lipinski definition) is 3. The van der Waals surface area contributed by atoms with Crippen LogP contribution in [-0.2, 0) is 6.54 Å². The van der Waals surface area contributed by atoms with E-state index in [0.717, 1.165) is 5.56 Å². The predicted molar refractivity (Wildman–Crippen MR) is 67.8 cm³/mol. The van der Waals surface area contributed by atoms with E-state index in [1.807, 2.05) is 30.3 Å². The van der Waals surface area contributed by atoms with Gasteiger partial charge in [-0.25, -0.2) is 9.78 Å². The number of hydrogen-bond donors (Lipinski definition) is 2. The number of aromatic nitrogens is 2. The van der Waals surface area contributed by atoms with E-state index in [1.165, 1.54) is 11.2 Å². The first kappa shape index (κ1) is 12.8. The van der Waals surface area contributed by atoms with Crippen molar-refractivity contribution >= 4 is 11.9 Å². The number of H-pyrrole nitrogens is 1. The van der Waals surface area contributed by atoms with Crippen molar-refractivity contribution in [1.82, 2.24) is 14.9 Å². The Balaban J connectivity index is 2.15. The Labute approximate surface area is 109 Å². The molecule has 0 fully saturated rings. The average molecular weight is 259 g/mol. The summed E-state index contributed by atoms with van der Waals surface area (Å²) in [6, 6.07) is 9.44. The molecule has 19 heavy (non-hydrogen) atoms. The van der Waals surface area contributed by atoms with Crippen LogP contribution in [-0.4, -0.2) is 38.9 Å².